The topological polar surface area (TPSA) is 307 Å². The molecule has 0 saturated carbocycles. The van der Waals surface area contributed by atoms with Gasteiger partial charge in [0.15, 0.2) is 18.9 Å². The number of ether oxygens (including phenoxy) is 6. The number of carbonyl (C=O) groups is 1. The Balaban J connectivity index is 1.46. The summed E-state index contributed by atoms with van der Waals surface area (Å²) in [7, 11) is 0. The summed E-state index contributed by atoms with van der Waals surface area (Å²) >= 11 is 0. The maximum Gasteiger partial charge on any atom is 0.220 e. The highest BCUT2D eigenvalue weighted by Crippen LogP contribution is 2.33. The van der Waals surface area contributed by atoms with Crippen LogP contribution in [0, 0.1) is 0 Å². The van der Waals surface area contributed by atoms with Crippen LogP contribution in [0.2, 0.25) is 0 Å². The average Bonchev–Trinajstić information content (AvgIpc) is 3.72. The van der Waals surface area contributed by atoms with Crippen LogP contribution in [-0.4, -0.2) is 193 Å². The fourth-order valence-corrected chi connectivity index (χ4v) is 11.5. The molecule has 3 aliphatic rings. The van der Waals surface area contributed by atoms with E-state index < -0.39 is 124 Å². The van der Waals surface area contributed by atoms with Gasteiger partial charge in [0.2, 0.25) is 5.91 Å². The van der Waals surface area contributed by atoms with E-state index in [4.69, 9.17) is 28.4 Å². The van der Waals surface area contributed by atoms with E-state index in [0.29, 0.717) is 6.42 Å². The van der Waals surface area contributed by atoms with Gasteiger partial charge in [0, 0.05) is 6.42 Å². The summed E-state index contributed by atoms with van der Waals surface area (Å²) in [5.41, 5.74) is 0. The Kier molecular flexibility index (Phi) is 46.2. The van der Waals surface area contributed by atoms with Crippen LogP contribution >= 0.6 is 0 Å². The van der Waals surface area contributed by atoms with Gasteiger partial charge in [0.25, 0.3) is 0 Å². The van der Waals surface area contributed by atoms with Crippen LogP contribution in [0.15, 0.2) is 60.8 Å². The van der Waals surface area contributed by atoms with Crippen LogP contribution in [0.1, 0.15) is 239 Å². The molecule has 17 atom stereocenters. The maximum atomic E-state index is 13.4. The number of nitrogens with one attached hydrogen (secondary N) is 1. The van der Waals surface area contributed by atoms with E-state index in [-0.39, 0.29) is 18.9 Å². The summed E-state index contributed by atoms with van der Waals surface area (Å²) in [6.45, 7) is 1.63. The van der Waals surface area contributed by atoms with Crippen molar-refractivity contribution in [2.75, 3.05) is 26.4 Å². The molecule has 512 valence electrons. The summed E-state index contributed by atoms with van der Waals surface area (Å²) in [4.78, 5) is 13.4. The molecule has 88 heavy (non-hydrogen) atoms. The summed E-state index contributed by atoms with van der Waals surface area (Å²) in [5.74, 6) is -0.284. The Morgan fingerprint density at radius 3 is 1.23 bits per heavy atom. The van der Waals surface area contributed by atoms with E-state index in [9.17, 15) is 61.0 Å². The van der Waals surface area contributed by atoms with Crippen molar-refractivity contribution in [1.29, 1.82) is 0 Å². The first-order valence-electron chi connectivity index (χ1n) is 34.5. The Bertz CT molecular complexity index is 1830. The minimum atomic E-state index is -1.98. The van der Waals surface area contributed by atoms with Gasteiger partial charge in [-0.2, -0.15) is 0 Å². The molecule has 3 saturated heterocycles. The number of hydrogen-bond acceptors (Lipinski definition) is 18. The van der Waals surface area contributed by atoms with Gasteiger partial charge in [0.1, 0.15) is 73.2 Å². The molecule has 19 nitrogen and oxygen atoms in total. The fourth-order valence-electron chi connectivity index (χ4n) is 11.5. The fraction of sp³-hybridized carbons (Fsp3) is 0.841. The maximum absolute atomic E-state index is 13.4. The van der Waals surface area contributed by atoms with Crippen molar-refractivity contribution in [3.63, 3.8) is 0 Å². The van der Waals surface area contributed by atoms with E-state index in [1.165, 1.54) is 128 Å². The van der Waals surface area contributed by atoms with E-state index in [1.807, 2.05) is 6.08 Å². The standard InChI is InChI=1S/C69H123NO18/c1-3-5-7-9-11-13-15-17-19-21-23-25-27-28-30-32-34-36-38-40-42-44-46-53(74)52(70-57(75)47-45-43-41-39-37-35-33-31-29-26-24-22-20-18-16-14-12-10-8-6-4-2)51-83-67-63(81)60(78)65(55(49-72)85-67)88-69-64(82)61(79)66(56(50-73)86-69)87-68-62(80)59(77)58(76)54(48-71)84-68/h6,8,12,14,18,20,24,26,44,46,52-56,58-69,71-74,76-82H,3-5,7,9-11,13,15-17,19,21-23,25,27-43,45,47-51H2,1-2H3,(H,70,75)/b8-6-,14-12-,20-18-,26-24-,46-44+. The van der Waals surface area contributed by atoms with Crippen molar-refractivity contribution in [3.05, 3.63) is 60.8 Å². The lowest BCUT2D eigenvalue weighted by Crippen LogP contribution is -2.66. The highest BCUT2D eigenvalue weighted by molar-refractivity contribution is 5.76. The lowest BCUT2D eigenvalue weighted by atomic mass is 9.96. The molecular formula is C69H123NO18. The van der Waals surface area contributed by atoms with Gasteiger partial charge in [-0.25, -0.2) is 0 Å². The Morgan fingerprint density at radius 2 is 0.784 bits per heavy atom. The molecule has 0 aromatic heterocycles. The Morgan fingerprint density at radius 1 is 0.420 bits per heavy atom. The number of carbonyl (C=O) groups excluding carboxylic acids is 1. The second kappa shape index (κ2) is 51.0. The first-order valence-corrected chi connectivity index (χ1v) is 34.5. The van der Waals surface area contributed by atoms with Crippen LogP contribution in [0.25, 0.3) is 0 Å². The smallest absolute Gasteiger partial charge is 0.220 e. The predicted octanol–water partition coefficient (Wildman–Crippen LogP) is 8.77. The van der Waals surface area contributed by atoms with E-state index in [1.54, 1.807) is 6.08 Å². The van der Waals surface area contributed by atoms with Crippen molar-refractivity contribution in [1.82, 2.24) is 5.32 Å². The molecule has 0 spiro atoms. The molecule has 3 aliphatic heterocycles. The second-order valence-corrected chi connectivity index (χ2v) is 24.6. The third kappa shape index (κ3) is 32.9. The largest absolute Gasteiger partial charge is 0.394 e. The molecule has 3 rings (SSSR count). The van der Waals surface area contributed by atoms with E-state index >= 15 is 0 Å². The van der Waals surface area contributed by atoms with Crippen molar-refractivity contribution >= 4 is 5.91 Å². The molecule has 1 amide bonds. The van der Waals surface area contributed by atoms with Gasteiger partial charge in [0.05, 0.1) is 38.6 Å². The van der Waals surface area contributed by atoms with Crippen molar-refractivity contribution in [3.8, 4) is 0 Å². The van der Waals surface area contributed by atoms with E-state index in [0.717, 1.165) is 83.5 Å². The molecule has 12 N–H and O–H groups in total. The van der Waals surface area contributed by atoms with Crippen LogP contribution in [0.3, 0.4) is 0 Å². The molecule has 3 heterocycles. The van der Waals surface area contributed by atoms with Gasteiger partial charge in [-0.3, -0.25) is 4.79 Å². The van der Waals surface area contributed by atoms with Crippen LogP contribution in [-0.2, 0) is 33.2 Å². The monoisotopic (exact) mass is 1250 g/mol. The third-order valence-electron chi connectivity index (χ3n) is 17.1. The third-order valence-corrected chi connectivity index (χ3v) is 17.1. The zero-order valence-electron chi connectivity index (χ0n) is 53.9. The lowest BCUT2D eigenvalue weighted by molar-refractivity contribution is -0.379. The van der Waals surface area contributed by atoms with Crippen LogP contribution in [0.4, 0.5) is 0 Å². The van der Waals surface area contributed by atoms with Crippen molar-refractivity contribution in [2.24, 2.45) is 0 Å². The molecule has 0 aliphatic carbocycles. The lowest BCUT2D eigenvalue weighted by Gasteiger charge is -2.48. The molecule has 0 bridgehead atoms. The predicted molar refractivity (Wildman–Crippen MR) is 342 cm³/mol. The summed E-state index contributed by atoms with van der Waals surface area (Å²) in [5, 5.41) is 121. The minimum Gasteiger partial charge on any atom is -0.394 e. The molecule has 19 heteroatoms. The van der Waals surface area contributed by atoms with Gasteiger partial charge in [-0.05, 0) is 57.8 Å². The highest BCUT2D eigenvalue weighted by Gasteiger charge is 2.53. The Labute approximate surface area is 528 Å². The number of allylic oxidation sites excluding steroid dienone is 9. The minimum absolute atomic E-state index is 0.232. The molecule has 0 aromatic carbocycles. The van der Waals surface area contributed by atoms with Gasteiger partial charge >= 0.3 is 0 Å². The van der Waals surface area contributed by atoms with Crippen LogP contribution < -0.4 is 5.32 Å². The summed E-state index contributed by atoms with van der Waals surface area (Å²) in [6, 6.07) is -0.981. The second-order valence-electron chi connectivity index (χ2n) is 24.6. The van der Waals surface area contributed by atoms with E-state index in [2.05, 4.69) is 67.8 Å². The van der Waals surface area contributed by atoms with Crippen molar-refractivity contribution < 1.29 is 89.4 Å². The molecule has 17 unspecified atom stereocenters. The number of hydrogen-bond donors (Lipinski definition) is 12. The zero-order chi connectivity index (χ0) is 64.0. The first kappa shape index (κ1) is 79.7. The zero-order valence-corrected chi connectivity index (χ0v) is 53.9. The molecule has 0 aromatic rings. The number of aliphatic hydroxyl groups is 11. The first-order chi connectivity index (χ1) is 42.8. The number of rotatable bonds is 52. The Hall–Kier alpha value is -2.51. The summed E-state index contributed by atoms with van der Waals surface area (Å²) in [6.07, 6.45) is 34.7. The van der Waals surface area contributed by atoms with Crippen molar-refractivity contribution in [2.45, 2.75) is 343 Å². The van der Waals surface area contributed by atoms with Crippen LogP contribution in [0.5, 0.6) is 0 Å². The quantitative estimate of drug-likeness (QED) is 0.0200. The SMILES string of the molecule is CC/C=C\C/C=C\C/C=C\C/C=C\CCCCCCCCCCC(=O)NC(COC1OC(CO)C(OC2OC(CO)C(OC3OC(CO)C(O)C(O)C3O)C(O)C2O)C(O)C1O)C(O)/C=C/CCCCCCCCCCCCCCCCCCCCCC. The normalized spacial score (nSPS) is 28.8. The average molecular weight is 1250 g/mol. The number of aliphatic hydroxyl groups excluding tert-OH is 11. The number of amides is 1. The highest BCUT2D eigenvalue weighted by atomic mass is 16.8. The van der Waals surface area contributed by atoms with Gasteiger partial charge in [-0.1, -0.05) is 235 Å². The molecule has 3 fully saturated rings. The summed E-state index contributed by atoms with van der Waals surface area (Å²) < 4.78 is 34.3. The number of unbranched alkanes of at least 4 members (excludes halogenated alkanes) is 28. The molecular weight excluding hydrogens is 1130 g/mol. The van der Waals surface area contributed by atoms with Gasteiger partial charge < -0.3 is 89.9 Å². The van der Waals surface area contributed by atoms with Gasteiger partial charge in [-0.15, -0.1) is 0 Å². The molecule has 0 radical (unpaired) electrons.